The smallest absolute Gasteiger partial charge is 0.241 e. The summed E-state index contributed by atoms with van der Waals surface area (Å²) in [5, 5.41) is 5.98. The average Bonchev–Trinajstić information content (AvgIpc) is 3.29. The third kappa shape index (κ3) is 3.64. The topological polar surface area (TPSA) is 70.6 Å². The van der Waals surface area contributed by atoms with Gasteiger partial charge in [-0.15, -0.1) is 0 Å². The standard InChI is InChI=1S/C15H19N3O2S/c1-3-16-14(21-2)18-13(20)15(9-10-15)12(19)17-11-7-5-4-6-8-11/h3,5,7-8H,1,4,6,9-10H2,2H3,(H,17,19)(H,16,18,20). The van der Waals surface area contributed by atoms with Crippen LogP contribution in [0.5, 0.6) is 0 Å². The van der Waals surface area contributed by atoms with Crippen LogP contribution in [0.2, 0.25) is 0 Å². The molecule has 0 saturated heterocycles. The molecule has 0 radical (unpaired) electrons. The summed E-state index contributed by atoms with van der Waals surface area (Å²) < 4.78 is 0. The number of nitrogens with zero attached hydrogens (tertiary/aromatic N) is 1. The summed E-state index contributed by atoms with van der Waals surface area (Å²) >= 11 is 1.31. The zero-order chi connectivity index (χ0) is 15.3. The van der Waals surface area contributed by atoms with Crippen molar-refractivity contribution in [2.45, 2.75) is 25.7 Å². The Labute approximate surface area is 128 Å². The molecular weight excluding hydrogens is 286 g/mol. The molecule has 0 bridgehead atoms. The van der Waals surface area contributed by atoms with Crippen molar-refractivity contribution in [3.8, 4) is 0 Å². The number of aliphatic imine (C=N–C) groups is 1. The lowest BCUT2D eigenvalue weighted by Gasteiger charge is -2.16. The molecular formula is C15H19N3O2S. The number of nitrogens with one attached hydrogen (secondary N) is 2. The van der Waals surface area contributed by atoms with E-state index in [9.17, 15) is 9.59 Å². The zero-order valence-corrected chi connectivity index (χ0v) is 12.8. The molecule has 2 aliphatic rings. The Kier molecular flexibility index (Phi) is 5.01. The highest BCUT2D eigenvalue weighted by Gasteiger charge is 2.56. The summed E-state index contributed by atoms with van der Waals surface area (Å²) in [6.07, 6.45) is 12.1. The van der Waals surface area contributed by atoms with Gasteiger partial charge in [-0.05, 0) is 38.0 Å². The Hall–Kier alpha value is -1.82. The first-order valence-corrected chi connectivity index (χ1v) is 8.07. The minimum absolute atomic E-state index is 0.239. The average molecular weight is 305 g/mol. The van der Waals surface area contributed by atoms with Gasteiger partial charge < -0.3 is 10.6 Å². The first-order chi connectivity index (χ1) is 10.1. The van der Waals surface area contributed by atoms with Gasteiger partial charge in [0.2, 0.25) is 11.8 Å². The van der Waals surface area contributed by atoms with Gasteiger partial charge in [0.15, 0.2) is 5.17 Å². The monoisotopic (exact) mass is 305 g/mol. The van der Waals surface area contributed by atoms with Gasteiger partial charge >= 0.3 is 0 Å². The number of carbonyl (C=O) groups is 2. The van der Waals surface area contributed by atoms with Crippen LogP contribution in [0, 0.1) is 5.41 Å². The molecule has 0 aromatic heterocycles. The molecule has 6 heteroatoms. The Morgan fingerprint density at radius 1 is 1.38 bits per heavy atom. The molecule has 0 aliphatic heterocycles. The number of amidine groups is 1. The van der Waals surface area contributed by atoms with Gasteiger partial charge in [0, 0.05) is 11.9 Å². The van der Waals surface area contributed by atoms with Crippen molar-refractivity contribution >= 4 is 28.7 Å². The molecule has 1 saturated carbocycles. The number of allylic oxidation sites excluding steroid dienone is 3. The molecule has 2 rings (SSSR count). The van der Waals surface area contributed by atoms with Crippen LogP contribution >= 0.6 is 11.8 Å². The molecule has 0 spiro atoms. The maximum atomic E-state index is 12.4. The fourth-order valence-corrected chi connectivity index (χ4v) is 2.45. The van der Waals surface area contributed by atoms with Crippen molar-refractivity contribution in [1.82, 2.24) is 10.6 Å². The highest BCUT2D eigenvalue weighted by Crippen LogP contribution is 2.46. The molecule has 0 aromatic rings. The molecule has 2 amide bonds. The van der Waals surface area contributed by atoms with Crippen LogP contribution in [0.4, 0.5) is 0 Å². The van der Waals surface area contributed by atoms with Gasteiger partial charge in [-0.25, -0.2) is 4.99 Å². The van der Waals surface area contributed by atoms with Crippen molar-refractivity contribution in [2.75, 3.05) is 6.26 Å². The van der Waals surface area contributed by atoms with E-state index < -0.39 is 5.41 Å². The van der Waals surface area contributed by atoms with E-state index in [2.05, 4.69) is 22.2 Å². The molecule has 112 valence electrons. The van der Waals surface area contributed by atoms with E-state index in [-0.39, 0.29) is 11.8 Å². The lowest BCUT2D eigenvalue weighted by molar-refractivity contribution is -0.135. The van der Waals surface area contributed by atoms with E-state index in [1.807, 2.05) is 18.2 Å². The van der Waals surface area contributed by atoms with Crippen LogP contribution < -0.4 is 10.6 Å². The fraction of sp³-hybridized carbons (Fsp3) is 0.400. The Morgan fingerprint density at radius 2 is 2.14 bits per heavy atom. The minimum atomic E-state index is -0.955. The largest absolute Gasteiger partial charge is 0.325 e. The summed E-state index contributed by atoms with van der Waals surface area (Å²) in [4.78, 5) is 28.6. The van der Waals surface area contributed by atoms with Crippen LogP contribution in [0.15, 0.2) is 41.7 Å². The van der Waals surface area contributed by atoms with Crippen molar-refractivity contribution in [3.05, 3.63) is 36.7 Å². The van der Waals surface area contributed by atoms with Crippen molar-refractivity contribution in [2.24, 2.45) is 10.4 Å². The third-order valence-corrected chi connectivity index (χ3v) is 4.09. The highest BCUT2D eigenvalue weighted by atomic mass is 32.2. The molecule has 5 nitrogen and oxygen atoms in total. The van der Waals surface area contributed by atoms with Crippen molar-refractivity contribution in [1.29, 1.82) is 0 Å². The van der Waals surface area contributed by atoms with E-state index in [0.717, 1.165) is 18.5 Å². The summed E-state index contributed by atoms with van der Waals surface area (Å²) in [5.74, 6) is -0.535. The van der Waals surface area contributed by atoms with E-state index >= 15 is 0 Å². The number of carbonyl (C=O) groups excluding carboxylic acids is 2. The van der Waals surface area contributed by atoms with Gasteiger partial charge in [0.1, 0.15) is 5.41 Å². The number of thioether (sulfide) groups is 1. The predicted octanol–water partition coefficient (Wildman–Crippen LogP) is 2.10. The normalized spacial score (nSPS) is 19.5. The third-order valence-electron chi connectivity index (χ3n) is 3.49. The van der Waals surface area contributed by atoms with E-state index in [1.54, 1.807) is 6.26 Å². The van der Waals surface area contributed by atoms with Crippen molar-refractivity contribution < 1.29 is 9.59 Å². The first kappa shape index (κ1) is 15.6. The Morgan fingerprint density at radius 3 is 2.67 bits per heavy atom. The Balaban J connectivity index is 2.00. The summed E-state index contributed by atoms with van der Waals surface area (Å²) in [6.45, 7) is 3.50. The number of amides is 2. The van der Waals surface area contributed by atoms with Gasteiger partial charge in [-0.3, -0.25) is 9.59 Å². The molecule has 0 heterocycles. The second-order valence-corrected chi connectivity index (χ2v) is 5.75. The second-order valence-electron chi connectivity index (χ2n) is 4.95. The minimum Gasteiger partial charge on any atom is -0.325 e. The SMILES string of the molecule is C=C/N=C(/NC(=O)C1(C(=O)NC2=CCCC=C2)CC1)SC. The van der Waals surface area contributed by atoms with Gasteiger partial charge in [0.25, 0.3) is 0 Å². The van der Waals surface area contributed by atoms with E-state index in [4.69, 9.17) is 0 Å². The highest BCUT2D eigenvalue weighted by molar-refractivity contribution is 8.13. The summed E-state index contributed by atoms with van der Waals surface area (Å²) in [6, 6.07) is 0. The van der Waals surface area contributed by atoms with E-state index in [0.29, 0.717) is 18.0 Å². The zero-order valence-electron chi connectivity index (χ0n) is 12.0. The van der Waals surface area contributed by atoms with Crippen LogP contribution in [0.25, 0.3) is 0 Å². The lowest BCUT2D eigenvalue weighted by atomic mass is 10.0. The van der Waals surface area contributed by atoms with Crippen LogP contribution in [0.3, 0.4) is 0 Å². The molecule has 0 atom stereocenters. The van der Waals surface area contributed by atoms with Crippen LogP contribution in [-0.4, -0.2) is 23.2 Å². The number of hydrogen-bond acceptors (Lipinski definition) is 4. The molecule has 0 aromatic carbocycles. The quantitative estimate of drug-likeness (QED) is 0.475. The summed E-state index contributed by atoms with van der Waals surface area (Å²) in [5.41, 5.74) is -0.181. The van der Waals surface area contributed by atoms with Crippen LogP contribution in [0.1, 0.15) is 25.7 Å². The van der Waals surface area contributed by atoms with Gasteiger partial charge in [-0.2, -0.15) is 0 Å². The molecule has 2 N–H and O–H groups in total. The summed E-state index contributed by atoms with van der Waals surface area (Å²) in [7, 11) is 0. The second kappa shape index (κ2) is 6.76. The van der Waals surface area contributed by atoms with Gasteiger partial charge in [-0.1, -0.05) is 30.5 Å². The number of rotatable bonds is 4. The molecule has 1 fully saturated rings. The molecule has 0 unspecified atom stereocenters. The fourth-order valence-electron chi connectivity index (χ4n) is 2.07. The van der Waals surface area contributed by atoms with Crippen molar-refractivity contribution in [3.63, 3.8) is 0 Å². The number of hydrogen-bond donors (Lipinski definition) is 2. The Bertz CT molecular complexity index is 545. The van der Waals surface area contributed by atoms with Crippen LogP contribution in [-0.2, 0) is 9.59 Å². The van der Waals surface area contributed by atoms with Gasteiger partial charge in [0.05, 0.1) is 0 Å². The van der Waals surface area contributed by atoms with E-state index in [1.165, 1.54) is 18.0 Å². The lowest BCUT2D eigenvalue weighted by Crippen LogP contribution is -2.44. The maximum Gasteiger partial charge on any atom is 0.241 e. The molecule has 2 aliphatic carbocycles. The first-order valence-electron chi connectivity index (χ1n) is 6.84. The maximum absolute atomic E-state index is 12.4. The molecule has 21 heavy (non-hydrogen) atoms. The predicted molar refractivity (Wildman–Crippen MR) is 85.6 cm³/mol.